The second-order valence-corrected chi connectivity index (χ2v) is 8.74. The van der Waals surface area contributed by atoms with Crippen LogP contribution in [-0.2, 0) is 11.3 Å². The minimum absolute atomic E-state index is 0.0417. The van der Waals surface area contributed by atoms with Crippen molar-refractivity contribution in [1.29, 1.82) is 0 Å². The third-order valence-electron chi connectivity index (χ3n) is 5.04. The zero-order valence-electron chi connectivity index (χ0n) is 15.4. The van der Waals surface area contributed by atoms with Crippen LogP contribution in [0.25, 0.3) is 10.2 Å². The SMILES string of the molecule is O=C(Cn1cnc2sccc2c1=O)N1c2ccccc2SC[C@H]1c1ccccc1. The third-order valence-corrected chi connectivity index (χ3v) is 7.00. The molecule has 0 saturated heterocycles. The molecule has 5 rings (SSSR count). The highest BCUT2D eigenvalue weighted by atomic mass is 32.2. The van der Waals surface area contributed by atoms with E-state index in [4.69, 9.17) is 0 Å². The molecular formula is C22H17N3O2S2. The zero-order valence-corrected chi connectivity index (χ0v) is 17.0. The van der Waals surface area contributed by atoms with E-state index in [1.165, 1.54) is 22.2 Å². The number of nitrogens with zero attached hydrogens (tertiary/aromatic N) is 3. The largest absolute Gasteiger partial charge is 0.301 e. The van der Waals surface area contributed by atoms with Crippen molar-refractivity contribution >= 4 is 44.9 Å². The number of benzene rings is 2. The van der Waals surface area contributed by atoms with Gasteiger partial charge in [0.2, 0.25) is 5.91 Å². The lowest BCUT2D eigenvalue weighted by atomic mass is 10.1. The van der Waals surface area contributed by atoms with Gasteiger partial charge >= 0.3 is 0 Å². The van der Waals surface area contributed by atoms with Crippen molar-refractivity contribution in [3.8, 4) is 0 Å². The second kappa shape index (κ2) is 7.50. The molecule has 4 aromatic rings. The summed E-state index contributed by atoms with van der Waals surface area (Å²) in [4.78, 5) is 34.2. The Balaban J connectivity index is 1.55. The van der Waals surface area contributed by atoms with Crippen LogP contribution in [0.3, 0.4) is 0 Å². The number of thiophene rings is 1. The number of para-hydroxylation sites is 1. The Hall–Kier alpha value is -2.90. The molecule has 2 aromatic heterocycles. The molecule has 1 aliphatic rings. The average Bonchev–Trinajstić information content (AvgIpc) is 3.25. The lowest BCUT2D eigenvalue weighted by molar-refractivity contribution is -0.119. The molecule has 3 heterocycles. The van der Waals surface area contributed by atoms with E-state index >= 15 is 0 Å². The summed E-state index contributed by atoms with van der Waals surface area (Å²) in [6, 6.07) is 19.6. The molecule has 0 aliphatic carbocycles. The van der Waals surface area contributed by atoms with Gasteiger partial charge in [-0.1, -0.05) is 42.5 Å². The van der Waals surface area contributed by atoms with Crippen LogP contribution in [-0.4, -0.2) is 21.2 Å². The minimum Gasteiger partial charge on any atom is -0.301 e. The highest BCUT2D eigenvalue weighted by Gasteiger charge is 2.32. The second-order valence-electron chi connectivity index (χ2n) is 6.79. The van der Waals surface area contributed by atoms with Crippen LogP contribution in [0.4, 0.5) is 5.69 Å². The van der Waals surface area contributed by atoms with Gasteiger partial charge in [0.15, 0.2) is 0 Å². The number of rotatable bonds is 3. The van der Waals surface area contributed by atoms with Gasteiger partial charge in [0.25, 0.3) is 5.56 Å². The number of carbonyl (C=O) groups is 1. The van der Waals surface area contributed by atoms with Gasteiger partial charge in [-0.25, -0.2) is 4.98 Å². The van der Waals surface area contributed by atoms with Gasteiger partial charge in [0.1, 0.15) is 11.4 Å². The van der Waals surface area contributed by atoms with Crippen molar-refractivity contribution in [3.63, 3.8) is 0 Å². The standard InChI is InChI=1S/C22H17N3O2S2/c26-20(12-24-14-23-21-16(22(24)27)10-11-28-21)25-17-8-4-5-9-19(17)29-13-18(25)15-6-2-1-3-7-15/h1-11,14,18H,12-13H2/t18-/m0/s1. The number of fused-ring (bicyclic) bond motifs is 2. The zero-order chi connectivity index (χ0) is 19.8. The summed E-state index contributed by atoms with van der Waals surface area (Å²) >= 11 is 3.17. The van der Waals surface area contributed by atoms with Crippen LogP contribution in [0.2, 0.25) is 0 Å². The number of carbonyl (C=O) groups excluding carboxylic acids is 1. The van der Waals surface area contributed by atoms with Crippen molar-refractivity contribution in [2.45, 2.75) is 17.5 Å². The summed E-state index contributed by atoms with van der Waals surface area (Å²) in [5.74, 6) is 0.647. The van der Waals surface area contributed by atoms with Gasteiger partial charge in [-0.15, -0.1) is 23.1 Å². The Labute approximate surface area is 175 Å². The van der Waals surface area contributed by atoms with Gasteiger partial charge in [-0.3, -0.25) is 14.2 Å². The summed E-state index contributed by atoms with van der Waals surface area (Å²) < 4.78 is 1.41. The molecule has 1 atom stereocenters. The summed E-state index contributed by atoms with van der Waals surface area (Å²) in [5, 5.41) is 2.40. The molecule has 2 aromatic carbocycles. The topological polar surface area (TPSA) is 55.2 Å². The number of anilines is 1. The Kier molecular flexibility index (Phi) is 4.69. The predicted octanol–water partition coefficient (Wildman–Crippen LogP) is 4.34. The van der Waals surface area contributed by atoms with Gasteiger partial charge in [0.05, 0.1) is 23.4 Å². The number of hydrogen-bond donors (Lipinski definition) is 0. The van der Waals surface area contributed by atoms with Gasteiger partial charge in [0, 0.05) is 10.6 Å². The normalized spacial score (nSPS) is 16.0. The highest BCUT2D eigenvalue weighted by molar-refractivity contribution is 7.99. The Bertz CT molecular complexity index is 1250. The predicted molar refractivity (Wildman–Crippen MR) is 118 cm³/mol. The molecule has 144 valence electrons. The maximum atomic E-state index is 13.5. The number of hydrogen-bond acceptors (Lipinski definition) is 5. The van der Waals surface area contributed by atoms with Crippen LogP contribution in [0.1, 0.15) is 11.6 Å². The van der Waals surface area contributed by atoms with E-state index in [1.54, 1.807) is 17.8 Å². The van der Waals surface area contributed by atoms with E-state index in [0.717, 1.165) is 21.9 Å². The van der Waals surface area contributed by atoms with Crippen molar-refractivity contribution in [2.75, 3.05) is 10.7 Å². The maximum absolute atomic E-state index is 13.5. The van der Waals surface area contributed by atoms with Crippen molar-refractivity contribution < 1.29 is 4.79 Å². The summed E-state index contributed by atoms with van der Waals surface area (Å²) in [5.41, 5.74) is 1.79. The molecule has 5 nitrogen and oxygen atoms in total. The monoisotopic (exact) mass is 419 g/mol. The average molecular weight is 420 g/mol. The molecule has 0 N–H and O–H groups in total. The maximum Gasteiger partial charge on any atom is 0.262 e. The molecule has 0 spiro atoms. The molecule has 7 heteroatoms. The first-order valence-corrected chi connectivity index (χ1v) is 11.1. The summed E-state index contributed by atoms with van der Waals surface area (Å²) in [7, 11) is 0. The fraction of sp³-hybridized carbons (Fsp3) is 0.136. The molecule has 0 saturated carbocycles. The lowest BCUT2D eigenvalue weighted by Crippen LogP contribution is -2.42. The lowest BCUT2D eigenvalue weighted by Gasteiger charge is -2.37. The first-order chi connectivity index (χ1) is 14.2. The Morgan fingerprint density at radius 1 is 1.07 bits per heavy atom. The van der Waals surface area contributed by atoms with Crippen LogP contribution in [0, 0.1) is 0 Å². The molecule has 0 fully saturated rings. The molecule has 0 radical (unpaired) electrons. The molecule has 1 amide bonds. The molecule has 0 bridgehead atoms. The van der Waals surface area contributed by atoms with Crippen LogP contribution in [0.5, 0.6) is 0 Å². The Morgan fingerprint density at radius 3 is 2.72 bits per heavy atom. The van der Waals surface area contributed by atoms with E-state index in [-0.39, 0.29) is 24.1 Å². The van der Waals surface area contributed by atoms with Crippen molar-refractivity contribution in [3.05, 3.63) is 88.3 Å². The first kappa shape index (κ1) is 18.1. The van der Waals surface area contributed by atoms with E-state index < -0.39 is 0 Å². The van der Waals surface area contributed by atoms with Crippen LogP contribution < -0.4 is 10.5 Å². The van der Waals surface area contributed by atoms with E-state index in [2.05, 4.69) is 4.98 Å². The van der Waals surface area contributed by atoms with Crippen molar-refractivity contribution in [2.24, 2.45) is 0 Å². The minimum atomic E-state index is -0.180. The van der Waals surface area contributed by atoms with Crippen LogP contribution >= 0.6 is 23.1 Å². The smallest absolute Gasteiger partial charge is 0.262 e. The van der Waals surface area contributed by atoms with Crippen LogP contribution in [0.15, 0.2) is 82.1 Å². The quantitative estimate of drug-likeness (QED) is 0.496. The third kappa shape index (κ3) is 3.26. The first-order valence-electron chi connectivity index (χ1n) is 9.24. The van der Waals surface area contributed by atoms with Gasteiger partial charge < -0.3 is 4.90 Å². The molecule has 1 aliphatic heterocycles. The summed E-state index contributed by atoms with van der Waals surface area (Å²) in [6.45, 7) is -0.0417. The number of amides is 1. The van der Waals surface area contributed by atoms with Gasteiger partial charge in [-0.05, 0) is 29.1 Å². The molecular weight excluding hydrogens is 402 g/mol. The number of aromatic nitrogens is 2. The highest BCUT2D eigenvalue weighted by Crippen LogP contribution is 2.43. The summed E-state index contributed by atoms with van der Waals surface area (Å²) in [6.07, 6.45) is 1.47. The Morgan fingerprint density at radius 2 is 1.86 bits per heavy atom. The van der Waals surface area contributed by atoms with Gasteiger partial charge in [-0.2, -0.15) is 0 Å². The molecule has 29 heavy (non-hydrogen) atoms. The van der Waals surface area contributed by atoms with E-state index in [1.807, 2.05) is 64.9 Å². The number of thioether (sulfide) groups is 1. The fourth-order valence-electron chi connectivity index (χ4n) is 3.65. The fourth-order valence-corrected chi connectivity index (χ4v) is 5.54. The van der Waals surface area contributed by atoms with Crippen molar-refractivity contribution in [1.82, 2.24) is 9.55 Å². The van der Waals surface area contributed by atoms with E-state index in [9.17, 15) is 9.59 Å². The van der Waals surface area contributed by atoms with E-state index in [0.29, 0.717) is 10.2 Å². The molecule has 0 unspecified atom stereocenters.